The van der Waals surface area contributed by atoms with Gasteiger partial charge in [0.1, 0.15) is 0 Å². The monoisotopic (exact) mass is 1260 g/mol. The van der Waals surface area contributed by atoms with E-state index in [2.05, 4.69) is 148 Å². The van der Waals surface area contributed by atoms with Crippen molar-refractivity contribution in [1.29, 1.82) is 0 Å². The summed E-state index contributed by atoms with van der Waals surface area (Å²) in [5, 5.41) is 0. The van der Waals surface area contributed by atoms with Crippen LogP contribution in [0.15, 0.2) is 72.8 Å². The molecule has 0 fully saturated rings. The highest BCUT2D eigenvalue weighted by Gasteiger charge is 2.18. The molecular weight excluding hydrogens is 1170 g/mol. The predicted octanol–water partition coefficient (Wildman–Crippen LogP) is 25.1. The Bertz CT molecular complexity index is 3060. The molecule has 9 heterocycles. The molecule has 0 saturated heterocycles. The second-order valence-electron chi connectivity index (χ2n) is 23.0. The summed E-state index contributed by atoms with van der Waals surface area (Å²) in [6, 6.07) is 28.6. The van der Waals surface area contributed by atoms with Crippen molar-refractivity contribution in [1.82, 2.24) is 0 Å². The standard InChI is InChI=1S/C76H88S8/c1-5-9-13-17-21-25-33-57-53-65-37-29-30-38-66-54-58(34-26-22-18-14-10-6-2)74(82-66)71-51-47-63(79-71)43-44-64-48-52-72(80-64)76-60(36-28-24-20-16-12-8-4)56-68(84-76)40-32-31-39-67-55-59(35-27-23-19-15-11-7-3)75(83-67)70-50-46-62(78-70)42-41-61-45-49-69(77-61)73(57)81-65/h45-56H,5-28,33-36,41-44H2,1-4H3. The molecule has 8 aromatic rings. The van der Waals surface area contributed by atoms with Crippen LogP contribution in [-0.4, -0.2) is 0 Å². The van der Waals surface area contributed by atoms with Gasteiger partial charge in [0.2, 0.25) is 0 Å². The van der Waals surface area contributed by atoms with Crippen LogP contribution in [0.25, 0.3) is 39.0 Å². The molecule has 8 aromatic heterocycles. The van der Waals surface area contributed by atoms with Crippen molar-refractivity contribution in [2.24, 2.45) is 0 Å². The molecule has 84 heavy (non-hydrogen) atoms. The fraction of sp³-hybridized carbons (Fsp3) is 0.474. The van der Waals surface area contributed by atoms with Crippen LogP contribution in [0.4, 0.5) is 0 Å². The number of thiophene rings is 8. The molecule has 0 saturated carbocycles. The first kappa shape index (κ1) is 64.3. The lowest BCUT2D eigenvalue weighted by molar-refractivity contribution is 0.608. The van der Waals surface area contributed by atoms with Gasteiger partial charge >= 0.3 is 0 Å². The maximum absolute atomic E-state index is 3.54. The third-order valence-corrected chi connectivity index (χ3v) is 25.8. The van der Waals surface area contributed by atoms with Gasteiger partial charge in [0, 0.05) is 58.5 Å². The van der Waals surface area contributed by atoms with Crippen molar-refractivity contribution < 1.29 is 0 Å². The Morgan fingerprint density at radius 2 is 0.476 bits per heavy atom. The molecule has 9 rings (SSSR count). The van der Waals surface area contributed by atoms with Crippen LogP contribution in [-0.2, 0) is 51.4 Å². The first-order valence-electron chi connectivity index (χ1n) is 32.4. The fourth-order valence-corrected chi connectivity index (χ4v) is 20.2. The molecule has 0 radical (unpaired) electrons. The summed E-state index contributed by atoms with van der Waals surface area (Å²) in [6.07, 6.45) is 39.9. The van der Waals surface area contributed by atoms with Crippen LogP contribution in [0.5, 0.6) is 0 Å². The van der Waals surface area contributed by atoms with Crippen molar-refractivity contribution in [3.05, 3.63) is 134 Å². The Labute approximate surface area is 539 Å². The van der Waals surface area contributed by atoms with Crippen molar-refractivity contribution in [3.63, 3.8) is 0 Å². The summed E-state index contributed by atoms with van der Waals surface area (Å²) < 4.78 is 0. The first-order chi connectivity index (χ1) is 41.5. The fourth-order valence-electron chi connectivity index (χ4n) is 11.3. The average Bonchev–Trinajstić information content (AvgIpc) is 4.53. The lowest BCUT2D eigenvalue weighted by Crippen LogP contribution is -1.86. The number of fused-ring (bicyclic) bond motifs is 20. The zero-order valence-electron chi connectivity index (χ0n) is 50.8. The molecule has 0 aromatic carbocycles. The number of unbranched alkanes of at least 4 members (excludes halogenated alkanes) is 20. The second kappa shape index (κ2) is 35.6. The molecule has 0 nitrogen and oxygen atoms in total. The lowest BCUT2D eigenvalue weighted by Gasteiger charge is -2.03. The zero-order valence-corrected chi connectivity index (χ0v) is 57.4. The molecule has 1 aliphatic heterocycles. The second-order valence-corrected chi connectivity index (χ2v) is 31.9. The molecule has 16 bridgehead atoms. The molecule has 1 aliphatic rings. The van der Waals surface area contributed by atoms with Crippen molar-refractivity contribution in [3.8, 4) is 86.4 Å². The molecule has 0 atom stereocenters. The van der Waals surface area contributed by atoms with Crippen molar-refractivity contribution >= 4 is 90.7 Å². The smallest absolute Gasteiger partial charge is 0.0788 e. The average molecular weight is 1260 g/mol. The number of hydrogen-bond donors (Lipinski definition) is 0. The lowest BCUT2D eigenvalue weighted by atomic mass is 10.0. The third-order valence-electron chi connectivity index (χ3n) is 16.1. The minimum atomic E-state index is 1.05. The van der Waals surface area contributed by atoms with Gasteiger partial charge in [-0.1, -0.05) is 156 Å². The van der Waals surface area contributed by atoms with E-state index in [4.69, 9.17) is 0 Å². The topological polar surface area (TPSA) is 0 Å². The van der Waals surface area contributed by atoms with E-state index in [1.165, 1.54) is 235 Å². The Morgan fingerprint density at radius 1 is 0.262 bits per heavy atom. The number of rotatable bonds is 28. The van der Waals surface area contributed by atoms with Gasteiger partial charge in [-0.3, -0.25) is 0 Å². The summed E-state index contributed by atoms with van der Waals surface area (Å²) in [5.74, 6) is 27.5. The van der Waals surface area contributed by atoms with E-state index in [0.29, 0.717) is 0 Å². The zero-order chi connectivity index (χ0) is 58.0. The minimum absolute atomic E-state index is 1.05. The number of aryl methyl sites for hydroxylation is 8. The molecule has 0 unspecified atom stereocenters. The van der Waals surface area contributed by atoms with Gasteiger partial charge in [-0.25, -0.2) is 0 Å². The van der Waals surface area contributed by atoms with Gasteiger partial charge in [-0.2, -0.15) is 0 Å². The summed E-state index contributed by atoms with van der Waals surface area (Å²) >= 11 is 15.4. The predicted molar refractivity (Wildman–Crippen MR) is 381 cm³/mol. The van der Waals surface area contributed by atoms with Crippen molar-refractivity contribution in [2.75, 3.05) is 0 Å². The summed E-state index contributed by atoms with van der Waals surface area (Å²) in [6.45, 7) is 9.22. The SMILES string of the molecule is CCCCCCCCc1cc2sc1-c1ccc(s1)CCc1ccc(s1)-c1sc(cc1CCCCCCCC)C#CC#Cc1cc(CCCCCCCC)c(s1)-c1ccc(s1)CCc1ccc(s1)-c1sc(cc1CCCCCCCC)C#CC#C2. The Hall–Kier alpha value is -4.16. The molecule has 0 aliphatic carbocycles. The molecular formula is C76H88S8. The molecule has 0 spiro atoms. The van der Waals surface area contributed by atoms with Crippen LogP contribution >= 0.6 is 90.7 Å². The normalized spacial score (nSPS) is 12.2. The molecule has 0 amide bonds. The Balaban J connectivity index is 1.02. The third kappa shape index (κ3) is 19.9. The van der Waals surface area contributed by atoms with Gasteiger partial charge in [0.05, 0.1) is 19.5 Å². The van der Waals surface area contributed by atoms with E-state index < -0.39 is 0 Å². The van der Waals surface area contributed by atoms with E-state index in [9.17, 15) is 0 Å². The largest absolute Gasteiger partial charge is 0.139 e. The summed E-state index contributed by atoms with van der Waals surface area (Å²) in [7, 11) is 0. The van der Waals surface area contributed by atoms with Gasteiger partial charge in [-0.15, -0.1) is 90.7 Å². The molecule has 0 N–H and O–H groups in total. The summed E-state index contributed by atoms with van der Waals surface area (Å²) in [5.41, 5.74) is 5.83. The van der Waals surface area contributed by atoms with Crippen LogP contribution in [0, 0.1) is 47.4 Å². The summed E-state index contributed by atoms with van der Waals surface area (Å²) in [4.78, 5) is 21.5. The quantitative estimate of drug-likeness (QED) is 0.0339. The maximum atomic E-state index is 3.54. The highest BCUT2D eigenvalue weighted by molar-refractivity contribution is 7.24. The van der Waals surface area contributed by atoms with Crippen molar-refractivity contribution in [2.45, 2.75) is 233 Å². The molecule has 440 valence electrons. The van der Waals surface area contributed by atoms with Crippen LogP contribution in [0.3, 0.4) is 0 Å². The Morgan fingerprint density at radius 3 is 0.702 bits per heavy atom. The number of hydrogen-bond acceptors (Lipinski definition) is 8. The molecule has 8 heteroatoms. The van der Waals surface area contributed by atoms with E-state index in [-0.39, 0.29) is 0 Å². The van der Waals surface area contributed by atoms with Crippen LogP contribution in [0.2, 0.25) is 0 Å². The van der Waals surface area contributed by atoms with E-state index in [0.717, 1.165) is 70.9 Å². The van der Waals surface area contributed by atoms with Crippen LogP contribution in [0.1, 0.15) is 243 Å². The van der Waals surface area contributed by atoms with Gasteiger partial charge in [0.25, 0.3) is 0 Å². The Kier molecular flexibility index (Phi) is 27.3. The minimum Gasteiger partial charge on any atom is -0.139 e. The van der Waals surface area contributed by atoms with E-state index in [1.54, 1.807) is 0 Å². The highest BCUT2D eigenvalue weighted by atomic mass is 32.1. The van der Waals surface area contributed by atoms with Gasteiger partial charge < -0.3 is 0 Å². The van der Waals surface area contributed by atoms with E-state index in [1.807, 2.05) is 90.7 Å². The highest BCUT2D eigenvalue weighted by Crippen LogP contribution is 2.43. The first-order valence-corrected chi connectivity index (χ1v) is 38.9. The maximum Gasteiger partial charge on any atom is 0.0788 e. The van der Waals surface area contributed by atoms with Crippen LogP contribution < -0.4 is 0 Å². The van der Waals surface area contributed by atoms with E-state index >= 15 is 0 Å². The van der Waals surface area contributed by atoms with Gasteiger partial charge in [-0.05, 0) is 219 Å². The van der Waals surface area contributed by atoms with Gasteiger partial charge in [0.15, 0.2) is 0 Å².